The minimum Gasteiger partial charge on any atom is -0.456 e. The average molecular weight is 486 g/mol. The molecule has 33 heavy (non-hydrogen) atoms. The first kappa shape index (κ1) is 24.5. The van der Waals surface area contributed by atoms with E-state index in [0.717, 1.165) is 10.4 Å². The number of hydrogen-bond acceptors (Lipinski definition) is 6. The Morgan fingerprint density at radius 3 is 2.48 bits per heavy atom. The lowest BCUT2D eigenvalue weighted by atomic mass is 10.3. The molecule has 0 saturated carbocycles. The molecule has 0 aliphatic carbocycles. The van der Waals surface area contributed by atoms with E-state index in [9.17, 15) is 31.2 Å². The summed E-state index contributed by atoms with van der Waals surface area (Å²) in [5.41, 5.74) is -0.850. The molecule has 0 N–H and O–H groups in total. The van der Waals surface area contributed by atoms with Crippen LogP contribution in [0.5, 0.6) is 0 Å². The third-order valence-electron chi connectivity index (χ3n) is 4.87. The number of fused-ring (bicyclic) bond motifs is 1. The monoisotopic (exact) mass is 486 g/mol. The van der Waals surface area contributed by atoms with Gasteiger partial charge in [0.25, 0.3) is 5.56 Å². The van der Waals surface area contributed by atoms with Crippen molar-refractivity contribution < 1.29 is 31.1 Å². The molecule has 0 unspecified atom stereocenters. The second kappa shape index (κ2) is 8.98. The molecule has 0 bridgehead atoms. The number of imidazole rings is 1. The molecular formula is C20H21F3N4O5S. The van der Waals surface area contributed by atoms with Crippen molar-refractivity contribution in [2.45, 2.75) is 37.7 Å². The maximum absolute atomic E-state index is 12.9. The Kier molecular flexibility index (Phi) is 6.65. The summed E-state index contributed by atoms with van der Waals surface area (Å²) in [4.78, 5) is 28.4. The Morgan fingerprint density at radius 1 is 1.18 bits per heavy atom. The van der Waals surface area contributed by atoms with Crippen LogP contribution in [0.25, 0.3) is 11.0 Å². The summed E-state index contributed by atoms with van der Waals surface area (Å²) in [5.74, 6) is -0.612. The predicted octanol–water partition coefficient (Wildman–Crippen LogP) is 2.23. The molecule has 2 heterocycles. The van der Waals surface area contributed by atoms with Gasteiger partial charge in [0.1, 0.15) is 19.0 Å². The van der Waals surface area contributed by atoms with Gasteiger partial charge in [-0.1, -0.05) is 0 Å². The number of carbonyl (C=O) groups is 1. The maximum atomic E-state index is 12.9. The number of carbonyl (C=O) groups excluding carboxylic acids is 1. The highest BCUT2D eigenvalue weighted by molar-refractivity contribution is 7.89. The smallest absolute Gasteiger partial charge is 0.417 e. The van der Waals surface area contributed by atoms with Crippen molar-refractivity contribution in [3.8, 4) is 0 Å². The lowest BCUT2D eigenvalue weighted by Crippen LogP contribution is -2.26. The summed E-state index contributed by atoms with van der Waals surface area (Å²) < 4.78 is 71.8. The van der Waals surface area contributed by atoms with Gasteiger partial charge in [-0.05, 0) is 31.2 Å². The topological polar surface area (TPSA) is 103 Å². The second-order valence-electron chi connectivity index (χ2n) is 7.25. The first-order valence-electron chi connectivity index (χ1n) is 9.69. The molecular weight excluding hydrogens is 465 g/mol. The van der Waals surface area contributed by atoms with Crippen LogP contribution in [0, 0.1) is 0 Å². The molecule has 0 fully saturated rings. The van der Waals surface area contributed by atoms with Crippen LogP contribution in [0.4, 0.5) is 13.2 Å². The van der Waals surface area contributed by atoms with Gasteiger partial charge in [0.15, 0.2) is 0 Å². The van der Waals surface area contributed by atoms with Gasteiger partial charge in [0.2, 0.25) is 10.0 Å². The van der Waals surface area contributed by atoms with Crippen molar-refractivity contribution in [3.05, 3.63) is 58.3 Å². The van der Waals surface area contributed by atoms with Gasteiger partial charge in [-0.25, -0.2) is 17.7 Å². The van der Waals surface area contributed by atoms with Gasteiger partial charge < -0.3 is 13.9 Å². The molecule has 0 saturated heterocycles. The van der Waals surface area contributed by atoms with E-state index in [-0.39, 0.29) is 11.5 Å². The molecule has 178 valence electrons. The summed E-state index contributed by atoms with van der Waals surface area (Å²) in [6, 6.07) is 5.81. The van der Waals surface area contributed by atoms with Crippen molar-refractivity contribution in [2.24, 2.45) is 0 Å². The van der Waals surface area contributed by atoms with Crippen LogP contribution >= 0.6 is 0 Å². The van der Waals surface area contributed by atoms with Crippen molar-refractivity contribution in [1.82, 2.24) is 18.4 Å². The summed E-state index contributed by atoms with van der Waals surface area (Å²) in [6.07, 6.45) is -4.11. The molecule has 2 aromatic heterocycles. The number of hydrogen-bond donors (Lipinski definition) is 0. The van der Waals surface area contributed by atoms with Crippen LogP contribution < -0.4 is 5.56 Å². The van der Waals surface area contributed by atoms with E-state index in [1.165, 1.54) is 26.2 Å². The summed E-state index contributed by atoms with van der Waals surface area (Å²) in [6.45, 7) is 1.24. The Labute approximate surface area is 187 Å². The molecule has 0 atom stereocenters. The first-order chi connectivity index (χ1) is 15.3. The van der Waals surface area contributed by atoms with E-state index in [1.54, 1.807) is 10.6 Å². The van der Waals surface area contributed by atoms with Gasteiger partial charge in [0.05, 0.1) is 21.5 Å². The fourth-order valence-corrected chi connectivity index (χ4v) is 4.07. The van der Waals surface area contributed by atoms with Crippen molar-refractivity contribution in [3.63, 3.8) is 0 Å². The summed E-state index contributed by atoms with van der Waals surface area (Å²) >= 11 is 0. The molecule has 0 amide bonds. The van der Waals surface area contributed by atoms with Crippen molar-refractivity contribution in [2.75, 3.05) is 14.1 Å². The van der Waals surface area contributed by atoms with E-state index in [2.05, 4.69) is 4.98 Å². The lowest BCUT2D eigenvalue weighted by Gasteiger charge is -2.11. The third-order valence-corrected chi connectivity index (χ3v) is 6.68. The number of esters is 1. The number of ether oxygens (including phenoxy) is 1. The van der Waals surface area contributed by atoms with Gasteiger partial charge >= 0.3 is 12.1 Å². The SMILES string of the molecule is CCn1c(COC(=O)Cn2cc(C(F)(F)F)ccc2=O)nc2cc(S(=O)(=O)N(C)C)ccc21. The Hall–Kier alpha value is -3.19. The Balaban J connectivity index is 1.81. The summed E-state index contributed by atoms with van der Waals surface area (Å²) in [5, 5.41) is 0. The van der Waals surface area contributed by atoms with Gasteiger partial charge in [-0.2, -0.15) is 13.2 Å². The summed E-state index contributed by atoms with van der Waals surface area (Å²) in [7, 11) is -0.856. The number of aryl methyl sites for hydroxylation is 1. The number of benzene rings is 1. The number of pyridine rings is 1. The Bertz CT molecular complexity index is 1360. The van der Waals surface area contributed by atoms with Crippen LogP contribution in [0.15, 0.2) is 46.2 Å². The second-order valence-corrected chi connectivity index (χ2v) is 9.40. The molecule has 0 spiro atoms. The molecule has 0 radical (unpaired) electrons. The van der Waals surface area contributed by atoms with Crippen molar-refractivity contribution in [1.29, 1.82) is 0 Å². The molecule has 9 nitrogen and oxygen atoms in total. The normalized spacial score (nSPS) is 12.5. The minimum absolute atomic E-state index is 0.0493. The van der Waals surface area contributed by atoms with Crippen LogP contribution in [-0.2, 0) is 45.4 Å². The Morgan fingerprint density at radius 2 is 1.88 bits per heavy atom. The fourth-order valence-electron chi connectivity index (χ4n) is 3.15. The number of sulfonamides is 1. The zero-order valence-electron chi connectivity index (χ0n) is 18.0. The maximum Gasteiger partial charge on any atom is 0.417 e. The molecule has 1 aromatic carbocycles. The van der Waals surface area contributed by atoms with Gasteiger partial charge in [-0.3, -0.25) is 9.59 Å². The van der Waals surface area contributed by atoms with E-state index in [1.807, 2.05) is 6.92 Å². The highest BCUT2D eigenvalue weighted by Crippen LogP contribution is 2.28. The number of halogens is 3. The molecule has 0 aliphatic rings. The predicted molar refractivity (Wildman–Crippen MR) is 112 cm³/mol. The average Bonchev–Trinajstić information content (AvgIpc) is 3.09. The van der Waals surface area contributed by atoms with Crippen LogP contribution in [-0.4, -0.2) is 46.9 Å². The number of aromatic nitrogens is 3. The third kappa shape index (κ3) is 5.09. The molecule has 3 aromatic rings. The molecule has 0 aliphatic heterocycles. The standard InChI is InChI=1S/C20H21F3N4O5S/c1-4-27-16-7-6-14(33(30,31)25(2)3)9-15(16)24-17(27)12-32-19(29)11-26-10-13(20(21,22)23)5-8-18(26)28/h5-10H,4,11-12H2,1-3H3. The van der Waals surface area contributed by atoms with E-state index in [4.69, 9.17) is 4.74 Å². The highest BCUT2D eigenvalue weighted by atomic mass is 32.2. The van der Waals surface area contributed by atoms with Crippen LogP contribution in [0.1, 0.15) is 18.3 Å². The van der Waals surface area contributed by atoms with E-state index in [0.29, 0.717) is 40.2 Å². The molecule has 3 rings (SSSR count). The van der Waals surface area contributed by atoms with Crippen LogP contribution in [0.3, 0.4) is 0 Å². The van der Waals surface area contributed by atoms with Gasteiger partial charge in [-0.15, -0.1) is 0 Å². The number of rotatable bonds is 7. The quantitative estimate of drug-likeness (QED) is 0.475. The zero-order chi connectivity index (χ0) is 24.6. The lowest BCUT2D eigenvalue weighted by molar-refractivity contribution is -0.146. The molecule has 13 heteroatoms. The van der Waals surface area contributed by atoms with Gasteiger partial charge in [0, 0.05) is 32.9 Å². The van der Waals surface area contributed by atoms with E-state index >= 15 is 0 Å². The van der Waals surface area contributed by atoms with Crippen molar-refractivity contribution >= 4 is 27.0 Å². The number of alkyl halides is 3. The highest BCUT2D eigenvalue weighted by Gasteiger charge is 2.31. The largest absolute Gasteiger partial charge is 0.456 e. The van der Waals surface area contributed by atoms with E-state index < -0.39 is 39.8 Å². The zero-order valence-corrected chi connectivity index (χ0v) is 18.8. The fraction of sp³-hybridized carbons (Fsp3) is 0.350. The first-order valence-corrected chi connectivity index (χ1v) is 11.1. The minimum atomic E-state index is -4.66. The van der Waals surface area contributed by atoms with Crippen LogP contribution in [0.2, 0.25) is 0 Å². The number of nitrogens with zero attached hydrogens (tertiary/aromatic N) is 4.